The Hall–Kier alpha value is -3.41. The molecule has 8 nitrogen and oxygen atoms in total. The van der Waals surface area contributed by atoms with Crippen molar-refractivity contribution in [2.45, 2.75) is 56.6 Å². The Morgan fingerprint density at radius 1 is 1.15 bits per heavy atom. The summed E-state index contributed by atoms with van der Waals surface area (Å²) in [5.41, 5.74) is 8.21. The van der Waals surface area contributed by atoms with E-state index in [1.54, 1.807) is 11.1 Å². The maximum Gasteiger partial charge on any atom is 0.416 e. The first kappa shape index (κ1) is 28.6. The number of primary amides is 1. The van der Waals surface area contributed by atoms with Crippen molar-refractivity contribution >= 4 is 11.8 Å². The van der Waals surface area contributed by atoms with Crippen molar-refractivity contribution in [1.82, 2.24) is 21.1 Å². The number of alkyl halides is 3. The number of carbonyl (C=O) groups excluding carboxylic acids is 2. The number of benzene rings is 2. The van der Waals surface area contributed by atoms with Crippen LogP contribution in [-0.2, 0) is 28.7 Å². The maximum absolute atomic E-state index is 13.1. The van der Waals surface area contributed by atoms with Gasteiger partial charge in [0.25, 0.3) is 5.91 Å². The fraction of sp³-hybridized carbons (Fsp3) is 0.429. The van der Waals surface area contributed by atoms with Gasteiger partial charge in [0.05, 0.1) is 11.7 Å². The fourth-order valence-corrected chi connectivity index (χ4v) is 4.87. The molecule has 0 saturated heterocycles. The van der Waals surface area contributed by atoms with Gasteiger partial charge in [-0.25, -0.2) is 5.43 Å². The lowest BCUT2D eigenvalue weighted by atomic mass is 9.76. The summed E-state index contributed by atoms with van der Waals surface area (Å²) in [4.78, 5) is 26.1. The number of nitrogens with two attached hydrogens (primary N) is 1. The monoisotopic (exact) mass is 545 g/mol. The minimum atomic E-state index is -4.46. The number of nitrogens with zero attached hydrogens (tertiary/aromatic N) is 1. The molecule has 1 aliphatic heterocycles. The molecule has 210 valence electrons. The van der Waals surface area contributed by atoms with Crippen LogP contribution in [0, 0.1) is 5.92 Å². The Bertz CT molecular complexity index is 1200. The van der Waals surface area contributed by atoms with Gasteiger partial charge < -0.3 is 26.5 Å². The molecule has 0 bridgehead atoms. The molecule has 1 heterocycles. The number of hydrogen-bond donors (Lipinski definition) is 5. The van der Waals surface area contributed by atoms with E-state index in [9.17, 15) is 27.9 Å². The van der Waals surface area contributed by atoms with Gasteiger partial charge >= 0.3 is 6.18 Å². The van der Waals surface area contributed by atoms with Gasteiger partial charge in [-0.15, -0.1) is 0 Å². The Kier molecular flexibility index (Phi) is 8.63. The van der Waals surface area contributed by atoms with Crippen LogP contribution in [0.2, 0.25) is 0 Å². The van der Waals surface area contributed by atoms with Crippen molar-refractivity contribution in [3.63, 3.8) is 0 Å². The zero-order chi connectivity index (χ0) is 28.2. The highest BCUT2D eigenvalue weighted by Crippen LogP contribution is 2.34. The average Bonchev–Trinajstić information content (AvgIpc) is 3.63. The van der Waals surface area contributed by atoms with Crippen LogP contribution < -0.4 is 21.8 Å². The van der Waals surface area contributed by atoms with E-state index >= 15 is 0 Å². The molecule has 1 fully saturated rings. The zero-order valence-corrected chi connectivity index (χ0v) is 21.7. The van der Waals surface area contributed by atoms with E-state index in [0.29, 0.717) is 12.1 Å². The van der Waals surface area contributed by atoms with Crippen LogP contribution in [0.4, 0.5) is 13.2 Å². The third kappa shape index (κ3) is 6.78. The Morgan fingerprint density at radius 2 is 1.85 bits per heavy atom. The predicted octanol–water partition coefficient (Wildman–Crippen LogP) is 2.24. The number of hydrogen-bond acceptors (Lipinski definition) is 6. The summed E-state index contributed by atoms with van der Waals surface area (Å²) in [5.74, 6) is -1.90. The van der Waals surface area contributed by atoms with Gasteiger partial charge in [-0.1, -0.05) is 48.5 Å². The van der Waals surface area contributed by atoms with Crippen LogP contribution in [-0.4, -0.2) is 52.7 Å². The highest BCUT2D eigenvalue weighted by Gasteiger charge is 2.52. The second kappa shape index (κ2) is 11.8. The smallest absolute Gasteiger partial charge is 0.391 e. The number of aliphatic hydroxyl groups excluding tert-OH is 1. The van der Waals surface area contributed by atoms with Crippen LogP contribution in [0.15, 0.2) is 66.4 Å². The summed E-state index contributed by atoms with van der Waals surface area (Å²) in [6, 6.07) is 14.3. The lowest BCUT2D eigenvalue weighted by Crippen LogP contribution is -2.63. The van der Waals surface area contributed by atoms with E-state index in [2.05, 4.69) is 16.1 Å². The summed E-state index contributed by atoms with van der Waals surface area (Å²) in [6.45, 7) is 2.22. The average molecular weight is 546 g/mol. The number of amides is 2. The van der Waals surface area contributed by atoms with Crippen molar-refractivity contribution in [2.75, 3.05) is 13.1 Å². The van der Waals surface area contributed by atoms with Crippen LogP contribution in [0.3, 0.4) is 0 Å². The van der Waals surface area contributed by atoms with Crippen molar-refractivity contribution in [2.24, 2.45) is 11.7 Å². The van der Waals surface area contributed by atoms with E-state index < -0.39 is 35.2 Å². The van der Waals surface area contributed by atoms with Crippen LogP contribution in [0.1, 0.15) is 36.5 Å². The number of likely N-dealkylation sites (N-methyl/N-ethyl adjacent to an activating group) is 1. The van der Waals surface area contributed by atoms with Crippen LogP contribution in [0.5, 0.6) is 0 Å². The first-order valence-corrected chi connectivity index (χ1v) is 13.0. The number of aliphatic hydroxyl groups is 1. The highest BCUT2D eigenvalue weighted by molar-refractivity contribution is 5.97. The molecule has 0 spiro atoms. The summed E-state index contributed by atoms with van der Waals surface area (Å²) < 4.78 is 39.3. The second-order valence-corrected chi connectivity index (χ2v) is 10.1. The topological polar surface area (TPSA) is 120 Å². The summed E-state index contributed by atoms with van der Waals surface area (Å²) in [7, 11) is 0. The number of nitrogens with one attached hydrogen (secondary N) is 3. The molecule has 2 aliphatic rings. The molecule has 4 rings (SSSR count). The number of hydrazine groups is 1. The van der Waals surface area contributed by atoms with Gasteiger partial charge in [0, 0.05) is 31.6 Å². The molecular formula is C28H34F3N5O3. The summed E-state index contributed by atoms with van der Waals surface area (Å²) in [6.07, 6.45) is -2.08. The van der Waals surface area contributed by atoms with Crippen molar-refractivity contribution in [1.29, 1.82) is 0 Å². The Labute approximate surface area is 225 Å². The summed E-state index contributed by atoms with van der Waals surface area (Å²) in [5, 5.41) is 18.9. The van der Waals surface area contributed by atoms with E-state index in [0.717, 1.165) is 30.5 Å². The fourth-order valence-electron chi connectivity index (χ4n) is 4.87. The van der Waals surface area contributed by atoms with Gasteiger partial charge in [0.15, 0.2) is 0 Å². The van der Waals surface area contributed by atoms with Crippen LogP contribution >= 0.6 is 0 Å². The third-order valence-electron chi connectivity index (χ3n) is 7.13. The van der Waals surface area contributed by atoms with Crippen molar-refractivity contribution < 1.29 is 27.9 Å². The molecule has 2 amide bonds. The van der Waals surface area contributed by atoms with Gasteiger partial charge in [-0.3, -0.25) is 9.59 Å². The first-order valence-electron chi connectivity index (χ1n) is 13.0. The Balaban J connectivity index is 1.58. The van der Waals surface area contributed by atoms with Crippen molar-refractivity contribution in [3.8, 4) is 0 Å². The molecule has 2 aromatic rings. The molecule has 1 aliphatic carbocycles. The van der Waals surface area contributed by atoms with Gasteiger partial charge in [-0.05, 0) is 49.5 Å². The van der Waals surface area contributed by atoms with E-state index in [1.807, 2.05) is 37.3 Å². The standard InChI is InChI=1S/C28H34F3N5O3/c1-2-36-23(25(38)34-21-11-12-21)15-27(35-36,26(32)39)22(14-18-7-4-3-5-8-18)24(37)17-33-16-19-9-6-10-20(13-19)28(29,30)31/h3-10,13,15,21-22,24,33,35,37H,2,11-12,14,16-17H2,1H3,(H2,32,39)(H,34,38)/t22-,24+,27?/m1/s1. The predicted molar refractivity (Wildman–Crippen MR) is 139 cm³/mol. The molecule has 6 N–H and O–H groups in total. The minimum Gasteiger partial charge on any atom is -0.391 e. The largest absolute Gasteiger partial charge is 0.416 e. The second-order valence-electron chi connectivity index (χ2n) is 10.1. The zero-order valence-electron chi connectivity index (χ0n) is 21.7. The normalized spacial score (nSPS) is 20.8. The molecule has 1 unspecified atom stereocenters. The van der Waals surface area contributed by atoms with Gasteiger partial charge in [-0.2, -0.15) is 13.2 Å². The molecular weight excluding hydrogens is 511 g/mol. The SMILES string of the molecule is CCN1NC(C(N)=O)([C@H](Cc2ccccc2)[C@@H](O)CNCc2cccc(C(F)(F)F)c2)C=C1C(=O)NC1CC1. The minimum absolute atomic E-state index is 0.0337. The molecule has 0 aromatic heterocycles. The molecule has 1 saturated carbocycles. The Morgan fingerprint density at radius 3 is 2.46 bits per heavy atom. The van der Waals surface area contributed by atoms with E-state index in [4.69, 9.17) is 5.73 Å². The quantitative estimate of drug-likeness (QED) is 0.279. The molecule has 39 heavy (non-hydrogen) atoms. The molecule has 3 atom stereocenters. The maximum atomic E-state index is 13.1. The van der Waals surface area contributed by atoms with Crippen LogP contribution in [0.25, 0.3) is 0 Å². The number of rotatable bonds is 12. The lowest BCUT2D eigenvalue weighted by Gasteiger charge is -2.38. The molecule has 0 radical (unpaired) electrons. The van der Waals surface area contributed by atoms with E-state index in [1.165, 1.54) is 12.1 Å². The third-order valence-corrected chi connectivity index (χ3v) is 7.13. The first-order chi connectivity index (χ1) is 18.5. The van der Waals surface area contributed by atoms with Crippen molar-refractivity contribution in [3.05, 3.63) is 83.1 Å². The van der Waals surface area contributed by atoms with Gasteiger partial charge in [0.2, 0.25) is 5.91 Å². The van der Waals surface area contributed by atoms with Gasteiger partial charge in [0.1, 0.15) is 11.2 Å². The lowest BCUT2D eigenvalue weighted by molar-refractivity contribution is -0.137. The highest BCUT2D eigenvalue weighted by atomic mass is 19.4. The number of carbonyl (C=O) groups is 2. The molecule has 11 heteroatoms. The summed E-state index contributed by atoms with van der Waals surface area (Å²) >= 11 is 0. The molecule has 2 aromatic carbocycles. The number of halogens is 3. The van der Waals surface area contributed by atoms with E-state index in [-0.39, 0.29) is 37.2 Å².